The molecule has 0 amide bonds. The number of oxime groups is 1. The first-order valence-electron chi connectivity index (χ1n) is 9.62. The lowest BCUT2D eigenvalue weighted by molar-refractivity contribution is -0.0274. The summed E-state index contributed by atoms with van der Waals surface area (Å²) in [4.78, 5) is 9.91. The molecule has 0 unspecified atom stereocenters. The van der Waals surface area contributed by atoms with Gasteiger partial charge < -0.3 is 4.84 Å². The van der Waals surface area contributed by atoms with E-state index in [-0.39, 0.29) is 0 Å². The second-order valence-corrected chi connectivity index (χ2v) is 8.94. The van der Waals surface area contributed by atoms with Gasteiger partial charge in [-0.1, -0.05) is 84.4 Å². The molecule has 0 radical (unpaired) electrons. The highest BCUT2D eigenvalue weighted by atomic mass is 32.2. The van der Waals surface area contributed by atoms with Gasteiger partial charge in [-0.2, -0.15) is 0 Å². The van der Waals surface area contributed by atoms with Crippen LogP contribution in [0.25, 0.3) is 0 Å². The first-order chi connectivity index (χ1) is 13.7. The predicted molar refractivity (Wildman–Crippen MR) is 116 cm³/mol. The van der Waals surface area contributed by atoms with Gasteiger partial charge in [0.15, 0.2) is 5.84 Å². The third kappa shape index (κ3) is 2.71. The van der Waals surface area contributed by atoms with E-state index in [4.69, 9.17) is 4.84 Å². The maximum absolute atomic E-state index is 6.35. The van der Waals surface area contributed by atoms with E-state index in [1.807, 2.05) is 30.0 Å². The average molecular weight is 387 g/mol. The summed E-state index contributed by atoms with van der Waals surface area (Å²) in [6, 6.07) is 27.5. The van der Waals surface area contributed by atoms with Crippen molar-refractivity contribution in [3.63, 3.8) is 0 Å². The minimum Gasteiger partial charge on any atom is -0.360 e. The van der Waals surface area contributed by atoms with Crippen molar-refractivity contribution in [3.8, 4) is 0 Å². The number of rotatable bonds is 2. The lowest BCUT2D eigenvalue weighted by atomic mass is 9.93. The Balaban J connectivity index is 1.74. The molecule has 3 aromatic rings. The summed E-state index contributed by atoms with van der Waals surface area (Å²) in [7, 11) is 0. The van der Waals surface area contributed by atoms with Gasteiger partial charge in [0.25, 0.3) is 0 Å². The maximum atomic E-state index is 6.35. The van der Waals surface area contributed by atoms with E-state index in [0.717, 1.165) is 29.1 Å². The molecule has 2 aliphatic heterocycles. The summed E-state index contributed by atoms with van der Waals surface area (Å²) < 4.78 is 0. The minimum atomic E-state index is -0.641. The van der Waals surface area contributed by atoms with Crippen LogP contribution >= 0.6 is 11.8 Å². The highest BCUT2D eigenvalue weighted by molar-refractivity contribution is 8.00. The third-order valence-corrected chi connectivity index (χ3v) is 6.56. The van der Waals surface area contributed by atoms with E-state index >= 15 is 0 Å². The SMILES string of the molecule is Cc1ccc([C@]23C[C@H](C)Sc4ccccc4N2C(c2ccccc2)=NO3)cc1. The lowest BCUT2D eigenvalue weighted by Gasteiger charge is -2.37. The fourth-order valence-corrected chi connectivity index (χ4v) is 5.26. The molecule has 2 atom stereocenters. The fourth-order valence-electron chi connectivity index (χ4n) is 4.08. The van der Waals surface area contributed by atoms with Crippen LogP contribution < -0.4 is 4.90 Å². The van der Waals surface area contributed by atoms with Crippen molar-refractivity contribution in [3.05, 3.63) is 95.6 Å². The molecule has 2 heterocycles. The van der Waals surface area contributed by atoms with Gasteiger partial charge in [0, 0.05) is 27.7 Å². The van der Waals surface area contributed by atoms with Gasteiger partial charge in [0.1, 0.15) is 0 Å². The van der Waals surface area contributed by atoms with Crippen LogP contribution in [0.2, 0.25) is 0 Å². The summed E-state index contributed by atoms with van der Waals surface area (Å²) in [5, 5.41) is 5.02. The van der Waals surface area contributed by atoms with E-state index in [2.05, 4.69) is 84.6 Å². The molecule has 28 heavy (non-hydrogen) atoms. The quantitative estimate of drug-likeness (QED) is 0.546. The van der Waals surface area contributed by atoms with Crippen LogP contribution in [0.15, 0.2) is 88.9 Å². The number of hydrogen-bond acceptors (Lipinski definition) is 4. The molecule has 0 bridgehead atoms. The number of fused-ring (bicyclic) bond motifs is 3. The Morgan fingerprint density at radius 2 is 1.68 bits per heavy atom. The summed E-state index contributed by atoms with van der Waals surface area (Å²) in [5.41, 5.74) is 3.95. The van der Waals surface area contributed by atoms with Crippen molar-refractivity contribution in [2.45, 2.75) is 36.1 Å². The Morgan fingerprint density at radius 3 is 2.46 bits per heavy atom. The Labute approximate surface area is 170 Å². The Kier molecular flexibility index (Phi) is 4.17. The van der Waals surface area contributed by atoms with Crippen molar-refractivity contribution in [1.29, 1.82) is 0 Å². The molecule has 5 rings (SSSR count). The lowest BCUT2D eigenvalue weighted by Crippen LogP contribution is -2.47. The molecule has 0 N–H and O–H groups in total. The molecule has 0 fully saturated rings. The van der Waals surface area contributed by atoms with Crippen molar-refractivity contribution in [2.24, 2.45) is 5.16 Å². The van der Waals surface area contributed by atoms with Gasteiger partial charge in [0.2, 0.25) is 5.72 Å². The van der Waals surface area contributed by atoms with E-state index in [1.54, 1.807) is 0 Å². The second kappa shape index (κ2) is 6.71. The van der Waals surface area contributed by atoms with Gasteiger partial charge in [-0.15, -0.1) is 11.8 Å². The first kappa shape index (κ1) is 17.4. The average Bonchev–Trinajstić information content (AvgIpc) is 3.03. The van der Waals surface area contributed by atoms with E-state index < -0.39 is 5.72 Å². The van der Waals surface area contributed by atoms with Gasteiger partial charge in [-0.25, -0.2) is 0 Å². The molecule has 3 aromatic carbocycles. The normalized spacial score (nSPS) is 23.3. The van der Waals surface area contributed by atoms with Crippen LogP contribution in [-0.4, -0.2) is 11.1 Å². The molecule has 0 spiro atoms. The Morgan fingerprint density at radius 1 is 0.964 bits per heavy atom. The van der Waals surface area contributed by atoms with Crippen molar-refractivity contribution < 1.29 is 4.84 Å². The second-order valence-electron chi connectivity index (χ2n) is 7.46. The number of nitrogens with zero attached hydrogens (tertiary/aromatic N) is 2. The molecule has 0 aromatic heterocycles. The van der Waals surface area contributed by atoms with Gasteiger partial charge in [-0.3, -0.25) is 4.90 Å². The molecule has 0 saturated carbocycles. The van der Waals surface area contributed by atoms with Crippen LogP contribution in [0.5, 0.6) is 0 Å². The van der Waals surface area contributed by atoms with Crippen LogP contribution in [0.3, 0.4) is 0 Å². The zero-order chi connectivity index (χ0) is 19.1. The fraction of sp³-hybridized carbons (Fsp3) is 0.208. The maximum Gasteiger partial charge on any atom is 0.242 e. The molecule has 0 aliphatic carbocycles. The Hall–Kier alpha value is -2.72. The highest BCUT2D eigenvalue weighted by Gasteiger charge is 2.51. The molecule has 4 heteroatoms. The summed E-state index contributed by atoms with van der Waals surface area (Å²) in [6.07, 6.45) is 0.843. The zero-order valence-electron chi connectivity index (χ0n) is 16.0. The predicted octanol–water partition coefficient (Wildman–Crippen LogP) is 5.93. The number of benzene rings is 3. The molecule has 3 nitrogen and oxygen atoms in total. The smallest absolute Gasteiger partial charge is 0.242 e. The monoisotopic (exact) mass is 386 g/mol. The summed E-state index contributed by atoms with van der Waals surface area (Å²) in [5.74, 6) is 0.864. The molecular formula is C24H22N2OS. The number of anilines is 1. The number of thioether (sulfide) groups is 1. The number of para-hydroxylation sites is 1. The molecule has 0 saturated heterocycles. The summed E-state index contributed by atoms with van der Waals surface area (Å²) >= 11 is 1.91. The first-order valence-corrected chi connectivity index (χ1v) is 10.5. The standard InChI is InChI=1S/C24H22N2OS/c1-17-12-14-20(15-13-17)24-16-18(2)28-22-11-7-6-10-21(22)26(24)23(25-27-24)19-8-4-3-5-9-19/h3-15,18H,16H2,1-2H3/t18-,24+/m0/s1. The highest BCUT2D eigenvalue weighted by Crippen LogP contribution is 2.51. The van der Waals surface area contributed by atoms with Crippen molar-refractivity contribution >= 4 is 23.3 Å². The van der Waals surface area contributed by atoms with Crippen LogP contribution in [-0.2, 0) is 10.6 Å². The largest absolute Gasteiger partial charge is 0.360 e. The number of hydrogen-bond donors (Lipinski definition) is 0. The van der Waals surface area contributed by atoms with Crippen LogP contribution in [0.1, 0.15) is 30.0 Å². The van der Waals surface area contributed by atoms with E-state index in [9.17, 15) is 0 Å². The molecular weight excluding hydrogens is 364 g/mol. The number of amidine groups is 1. The van der Waals surface area contributed by atoms with Gasteiger partial charge in [-0.05, 0) is 19.1 Å². The van der Waals surface area contributed by atoms with E-state index in [1.165, 1.54) is 10.5 Å². The van der Waals surface area contributed by atoms with Crippen LogP contribution in [0, 0.1) is 6.92 Å². The third-order valence-electron chi connectivity index (χ3n) is 5.39. The van der Waals surface area contributed by atoms with Gasteiger partial charge in [0.05, 0.1) is 5.69 Å². The molecule has 2 aliphatic rings. The van der Waals surface area contributed by atoms with Crippen LogP contribution in [0.4, 0.5) is 5.69 Å². The molecule has 140 valence electrons. The zero-order valence-corrected chi connectivity index (χ0v) is 16.8. The van der Waals surface area contributed by atoms with Crippen molar-refractivity contribution in [1.82, 2.24) is 0 Å². The topological polar surface area (TPSA) is 24.8 Å². The number of aryl methyl sites for hydroxylation is 1. The Bertz CT molecular complexity index is 1030. The van der Waals surface area contributed by atoms with Gasteiger partial charge >= 0.3 is 0 Å². The minimum absolute atomic E-state index is 0.387. The van der Waals surface area contributed by atoms with Crippen molar-refractivity contribution in [2.75, 3.05) is 4.90 Å². The van der Waals surface area contributed by atoms with E-state index in [0.29, 0.717) is 5.25 Å². The summed E-state index contributed by atoms with van der Waals surface area (Å²) in [6.45, 7) is 4.38.